The van der Waals surface area contributed by atoms with E-state index in [0.717, 1.165) is 95.8 Å². The molecule has 19 heteroatoms. The number of esters is 4. The topological polar surface area (TPSA) is 237 Å². The van der Waals surface area contributed by atoms with Crippen LogP contribution >= 0.6 is 15.6 Å². The van der Waals surface area contributed by atoms with Crippen molar-refractivity contribution < 1.29 is 80.2 Å². The third-order valence-corrected chi connectivity index (χ3v) is 20.4. The Morgan fingerprint density at radius 2 is 0.469 bits per heavy atom. The molecule has 0 aliphatic rings. The van der Waals surface area contributed by atoms with Crippen LogP contribution in [0.15, 0.2) is 0 Å². The van der Waals surface area contributed by atoms with Gasteiger partial charge in [0, 0.05) is 25.7 Å². The fraction of sp³-hybridized carbons (Fsp3) is 0.949. The van der Waals surface area contributed by atoms with Gasteiger partial charge < -0.3 is 33.8 Å². The van der Waals surface area contributed by atoms with Gasteiger partial charge in [0.1, 0.15) is 19.3 Å². The second kappa shape index (κ2) is 72.0. The Morgan fingerprint density at radius 1 is 0.276 bits per heavy atom. The quantitative estimate of drug-likeness (QED) is 0.0222. The number of ether oxygens (including phenoxy) is 4. The van der Waals surface area contributed by atoms with Gasteiger partial charge in [-0.1, -0.05) is 369 Å². The molecule has 0 bridgehead atoms. The first-order valence-electron chi connectivity index (χ1n) is 41.1. The Balaban J connectivity index is 5.23. The maximum absolute atomic E-state index is 13.1. The van der Waals surface area contributed by atoms with Crippen molar-refractivity contribution in [3.63, 3.8) is 0 Å². The first-order chi connectivity index (χ1) is 47.5. The highest BCUT2D eigenvalue weighted by atomic mass is 31.2. The number of phosphoric acid groups is 2. The van der Waals surface area contributed by atoms with Gasteiger partial charge in [-0.3, -0.25) is 37.3 Å². The molecule has 0 aromatic carbocycles. The Hall–Kier alpha value is -1.94. The van der Waals surface area contributed by atoms with Crippen molar-refractivity contribution in [3.05, 3.63) is 0 Å². The molecule has 0 fully saturated rings. The van der Waals surface area contributed by atoms with Crippen LogP contribution in [0.1, 0.15) is 420 Å². The van der Waals surface area contributed by atoms with E-state index in [2.05, 4.69) is 34.6 Å². The zero-order valence-corrected chi connectivity index (χ0v) is 65.7. The standard InChI is InChI=1S/C79H154O17P2/c1-6-9-12-15-18-21-24-26-27-28-29-30-36-40-45-50-55-60-65-79(84)96-75(69-90-77(82)63-58-53-48-43-38-35-32-31-34-37-41-46-51-56-61-72(4)5)71-94-98(87,88)92-67-73(80)66-91-97(85,86)93-70-74(68-89-76(81)62-57-52-47-42-23-20-17-14-11-8-3)95-78(83)64-59-54-49-44-39-33-25-22-19-16-13-10-7-2/h72-75,80H,6-71H2,1-5H3,(H,85,86)(H,87,88)/t73-,74+,75+/m0/s1. The van der Waals surface area contributed by atoms with Crippen molar-refractivity contribution in [2.24, 2.45) is 5.92 Å². The molecule has 0 saturated heterocycles. The summed E-state index contributed by atoms with van der Waals surface area (Å²) in [6, 6.07) is 0. The van der Waals surface area contributed by atoms with E-state index in [0.29, 0.717) is 25.7 Å². The van der Waals surface area contributed by atoms with Crippen LogP contribution in [0.2, 0.25) is 0 Å². The number of carbonyl (C=O) groups is 4. The number of phosphoric ester groups is 2. The summed E-state index contributed by atoms with van der Waals surface area (Å²) >= 11 is 0. The monoisotopic (exact) mass is 1440 g/mol. The summed E-state index contributed by atoms with van der Waals surface area (Å²) in [7, 11) is -9.91. The highest BCUT2D eigenvalue weighted by molar-refractivity contribution is 7.47. The molecule has 0 saturated carbocycles. The second-order valence-electron chi connectivity index (χ2n) is 28.9. The molecule has 5 atom stereocenters. The summed E-state index contributed by atoms with van der Waals surface area (Å²) < 4.78 is 68.6. The van der Waals surface area contributed by atoms with E-state index in [4.69, 9.17) is 37.0 Å². The van der Waals surface area contributed by atoms with Crippen molar-refractivity contribution in [1.82, 2.24) is 0 Å². The molecule has 2 unspecified atom stereocenters. The summed E-state index contributed by atoms with van der Waals surface area (Å²) in [4.78, 5) is 72.9. The first kappa shape index (κ1) is 96.1. The van der Waals surface area contributed by atoms with Crippen LogP contribution in [0.4, 0.5) is 0 Å². The molecule has 0 rings (SSSR count). The SMILES string of the molecule is CCCCCCCCCCCCCCCCCCCCC(=O)O[C@H](COC(=O)CCCCCCCCCCCCCCCCC(C)C)COP(=O)(O)OC[C@@H](O)COP(=O)(O)OC[C@@H](COC(=O)CCCCCCCCCCCC)OC(=O)CCCCCCCCCCCCCCC. The molecule has 0 aliphatic carbocycles. The van der Waals surface area contributed by atoms with E-state index in [1.54, 1.807) is 0 Å². The van der Waals surface area contributed by atoms with Crippen LogP contribution in [-0.4, -0.2) is 96.7 Å². The second-order valence-corrected chi connectivity index (χ2v) is 31.8. The smallest absolute Gasteiger partial charge is 0.462 e. The summed E-state index contributed by atoms with van der Waals surface area (Å²) in [6.07, 6.45) is 62.3. The predicted octanol–water partition coefficient (Wildman–Crippen LogP) is 23.6. The lowest BCUT2D eigenvalue weighted by Crippen LogP contribution is -2.30. The van der Waals surface area contributed by atoms with E-state index in [9.17, 15) is 43.2 Å². The van der Waals surface area contributed by atoms with E-state index in [1.165, 1.54) is 244 Å². The lowest BCUT2D eigenvalue weighted by molar-refractivity contribution is -0.161. The van der Waals surface area contributed by atoms with E-state index in [1.807, 2.05) is 0 Å². The molecule has 0 aromatic heterocycles. The molecule has 0 amide bonds. The number of rotatable bonds is 79. The molecule has 0 radical (unpaired) electrons. The van der Waals surface area contributed by atoms with Crippen LogP contribution in [0.3, 0.4) is 0 Å². The minimum absolute atomic E-state index is 0.108. The lowest BCUT2D eigenvalue weighted by Gasteiger charge is -2.21. The van der Waals surface area contributed by atoms with Gasteiger partial charge in [0.15, 0.2) is 12.2 Å². The Morgan fingerprint density at radius 3 is 0.694 bits per heavy atom. The Labute approximate surface area is 600 Å². The van der Waals surface area contributed by atoms with Crippen LogP contribution < -0.4 is 0 Å². The van der Waals surface area contributed by atoms with Crippen LogP contribution in [0, 0.1) is 5.92 Å². The van der Waals surface area contributed by atoms with Crippen molar-refractivity contribution in [2.75, 3.05) is 39.6 Å². The molecule has 98 heavy (non-hydrogen) atoms. The van der Waals surface area contributed by atoms with Crippen LogP contribution in [-0.2, 0) is 65.4 Å². The molecule has 17 nitrogen and oxygen atoms in total. The van der Waals surface area contributed by atoms with Gasteiger partial charge >= 0.3 is 39.5 Å². The number of aliphatic hydroxyl groups is 1. The average Bonchev–Trinajstić information content (AvgIpc) is 1.09. The fourth-order valence-corrected chi connectivity index (χ4v) is 13.8. The van der Waals surface area contributed by atoms with Gasteiger partial charge in [-0.25, -0.2) is 9.13 Å². The molecular formula is C79H154O17P2. The minimum Gasteiger partial charge on any atom is -0.462 e. The van der Waals surface area contributed by atoms with E-state index in [-0.39, 0.29) is 25.7 Å². The van der Waals surface area contributed by atoms with Crippen molar-refractivity contribution in [2.45, 2.75) is 438 Å². The summed E-state index contributed by atoms with van der Waals surface area (Å²) in [5.74, 6) is -1.31. The number of aliphatic hydroxyl groups excluding tert-OH is 1. The van der Waals surface area contributed by atoms with E-state index >= 15 is 0 Å². The molecule has 0 spiro atoms. The number of carbonyl (C=O) groups excluding carboxylic acids is 4. The fourth-order valence-electron chi connectivity index (χ4n) is 12.2. The van der Waals surface area contributed by atoms with Gasteiger partial charge in [-0.15, -0.1) is 0 Å². The summed E-state index contributed by atoms with van der Waals surface area (Å²) in [5, 5.41) is 10.6. The third-order valence-electron chi connectivity index (χ3n) is 18.5. The molecule has 0 aliphatic heterocycles. The Kier molecular flexibility index (Phi) is 70.6. The van der Waals surface area contributed by atoms with Crippen molar-refractivity contribution in [3.8, 4) is 0 Å². The minimum atomic E-state index is -4.96. The zero-order valence-electron chi connectivity index (χ0n) is 63.9. The highest BCUT2D eigenvalue weighted by Gasteiger charge is 2.30. The summed E-state index contributed by atoms with van der Waals surface area (Å²) in [6.45, 7) is 7.34. The van der Waals surface area contributed by atoms with Gasteiger partial charge in [0.05, 0.1) is 26.4 Å². The Bertz CT molecular complexity index is 1870. The lowest BCUT2D eigenvalue weighted by atomic mass is 10.0. The largest absolute Gasteiger partial charge is 0.472 e. The molecular weight excluding hydrogens is 1280 g/mol. The maximum atomic E-state index is 13.1. The summed E-state index contributed by atoms with van der Waals surface area (Å²) in [5.41, 5.74) is 0. The average molecular weight is 1440 g/mol. The number of hydrogen-bond donors (Lipinski definition) is 3. The van der Waals surface area contributed by atoms with Gasteiger partial charge in [-0.2, -0.15) is 0 Å². The number of hydrogen-bond acceptors (Lipinski definition) is 15. The predicted molar refractivity (Wildman–Crippen MR) is 400 cm³/mol. The zero-order chi connectivity index (χ0) is 71.9. The molecule has 0 aromatic rings. The maximum Gasteiger partial charge on any atom is 0.472 e. The molecule has 3 N–H and O–H groups in total. The van der Waals surface area contributed by atoms with E-state index < -0.39 is 97.5 Å². The van der Waals surface area contributed by atoms with Crippen LogP contribution in [0.5, 0.6) is 0 Å². The van der Waals surface area contributed by atoms with Gasteiger partial charge in [-0.05, 0) is 31.6 Å². The molecule has 0 heterocycles. The first-order valence-corrected chi connectivity index (χ1v) is 44.1. The van der Waals surface area contributed by atoms with Gasteiger partial charge in [0.2, 0.25) is 0 Å². The van der Waals surface area contributed by atoms with Crippen molar-refractivity contribution >= 4 is 39.5 Å². The molecule has 582 valence electrons. The van der Waals surface area contributed by atoms with Crippen LogP contribution in [0.25, 0.3) is 0 Å². The highest BCUT2D eigenvalue weighted by Crippen LogP contribution is 2.45. The van der Waals surface area contributed by atoms with Crippen molar-refractivity contribution in [1.29, 1.82) is 0 Å². The normalized spacial score (nSPS) is 13.9. The number of unbranched alkanes of at least 4 members (excludes halogenated alkanes) is 51. The van der Waals surface area contributed by atoms with Gasteiger partial charge in [0.25, 0.3) is 0 Å². The third kappa shape index (κ3) is 72.4.